The van der Waals surface area contributed by atoms with Gasteiger partial charge >= 0.3 is 0 Å². The minimum Gasteiger partial charge on any atom is -0.457 e. The number of fused-ring (bicyclic) bond motifs is 4. The van der Waals surface area contributed by atoms with Gasteiger partial charge in [0, 0.05) is 45.6 Å². The highest BCUT2D eigenvalue weighted by Crippen LogP contribution is 2.38. The lowest BCUT2D eigenvalue weighted by atomic mass is 9.86. The second kappa shape index (κ2) is 10.5. The zero-order valence-electron chi connectivity index (χ0n) is 25.4. The van der Waals surface area contributed by atoms with Gasteiger partial charge in [-0.25, -0.2) is 4.68 Å². The van der Waals surface area contributed by atoms with Crippen molar-refractivity contribution in [3.8, 4) is 39.7 Å². The highest BCUT2D eigenvalue weighted by Gasteiger charge is 2.20. The van der Waals surface area contributed by atoms with Crippen molar-refractivity contribution in [1.82, 2.24) is 14.8 Å². The van der Waals surface area contributed by atoms with Gasteiger partial charge < -0.3 is 9.15 Å². The van der Waals surface area contributed by atoms with Gasteiger partial charge in [-0.3, -0.25) is 4.98 Å². The Morgan fingerprint density at radius 2 is 1.36 bits per heavy atom. The van der Waals surface area contributed by atoms with Gasteiger partial charge in [-0.2, -0.15) is 5.10 Å². The molecule has 0 aliphatic rings. The van der Waals surface area contributed by atoms with Crippen LogP contribution in [0.2, 0.25) is 0 Å². The van der Waals surface area contributed by atoms with Crippen molar-refractivity contribution in [3.05, 3.63) is 139 Å². The molecule has 5 heteroatoms. The molecule has 0 fully saturated rings. The van der Waals surface area contributed by atoms with Crippen molar-refractivity contribution >= 4 is 32.8 Å². The van der Waals surface area contributed by atoms with Crippen molar-refractivity contribution in [1.29, 1.82) is 0 Å². The van der Waals surface area contributed by atoms with Crippen LogP contribution in [-0.4, -0.2) is 14.8 Å². The largest absolute Gasteiger partial charge is 0.457 e. The van der Waals surface area contributed by atoms with Crippen molar-refractivity contribution in [2.45, 2.75) is 26.2 Å². The van der Waals surface area contributed by atoms with Gasteiger partial charge in [0.05, 0.1) is 16.9 Å². The number of hydrogen-bond acceptors (Lipinski definition) is 4. The Kier molecular flexibility index (Phi) is 6.27. The molecule has 0 saturated heterocycles. The lowest BCUT2D eigenvalue weighted by Crippen LogP contribution is -2.11. The van der Waals surface area contributed by atoms with E-state index in [9.17, 15) is 0 Å². The molecule has 0 bridgehead atoms. The van der Waals surface area contributed by atoms with Crippen molar-refractivity contribution in [2.75, 3.05) is 0 Å². The normalized spacial score (nSPS) is 11.9. The topological polar surface area (TPSA) is 53.1 Å². The van der Waals surface area contributed by atoms with E-state index in [1.165, 1.54) is 5.56 Å². The Hall–Kier alpha value is -5.68. The van der Waals surface area contributed by atoms with E-state index in [0.717, 1.165) is 61.0 Å². The summed E-state index contributed by atoms with van der Waals surface area (Å²) in [5.74, 6) is 1.43. The van der Waals surface area contributed by atoms with E-state index in [0.29, 0.717) is 11.5 Å². The Morgan fingerprint density at radius 1 is 0.622 bits per heavy atom. The van der Waals surface area contributed by atoms with Crippen molar-refractivity contribution < 1.29 is 9.15 Å². The monoisotopic (exact) mass is 585 g/mol. The van der Waals surface area contributed by atoms with E-state index in [2.05, 4.69) is 93.6 Å². The van der Waals surface area contributed by atoms with Gasteiger partial charge in [0.1, 0.15) is 28.4 Å². The molecule has 3 heterocycles. The molecule has 0 radical (unpaired) electrons. The van der Waals surface area contributed by atoms with Crippen molar-refractivity contribution in [2.24, 2.45) is 0 Å². The molecule has 0 atom stereocenters. The summed E-state index contributed by atoms with van der Waals surface area (Å²) < 4.78 is 14.4. The number of pyridine rings is 1. The van der Waals surface area contributed by atoms with Crippen LogP contribution < -0.4 is 4.74 Å². The molecule has 0 unspecified atom stereocenters. The molecule has 45 heavy (non-hydrogen) atoms. The summed E-state index contributed by atoms with van der Waals surface area (Å²) in [7, 11) is 0. The number of aromatic nitrogens is 3. The summed E-state index contributed by atoms with van der Waals surface area (Å²) in [6.45, 7) is 6.67. The minimum atomic E-state index is 0.0197. The summed E-state index contributed by atoms with van der Waals surface area (Å²) >= 11 is 0. The zero-order valence-corrected chi connectivity index (χ0v) is 25.4. The van der Waals surface area contributed by atoms with E-state index in [1.54, 1.807) is 0 Å². The first-order valence-electron chi connectivity index (χ1n) is 15.2. The molecular weight excluding hydrogens is 554 g/mol. The van der Waals surface area contributed by atoms with Gasteiger partial charge in [-0.1, -0.05) is 87.5 Å². The number of benzene rings is 5. The summed E-state index contributed by atoms with van der Waals surface area (Å²) in [6.07, 6.45) is 1.90. The molecule has 3 aromatic heterocycles. The van der Waals surface area contributed by atoms with Gasteiger partial charge in [0.15, 0.2) is 0 Å². The average Bonchev–Trinajstić information content (AvgIpc) is 3.63. The molecule has 0 aliphatic heterocycles. The third kappa shape index (κ3) is 4.83. The second-order valence-electron chi connectivity index (χ2n) is 12.4. The lowest BCUT2D eigenvalue weighted by molar-refractivity contribution is 0.482. The van der Waals surface area contributed by atoms with E-state index in [-0.39, 0.29) is 5.41 Å². The van der Waals surface area contributed by atoms with Gasteiger partial charge in [-0.15, -0.1) is 0 Å². The van der Waals surface area contributed by atoms with Crippen LogP contribution in [0.5, 0.6) is 11.5 Å². The maximum atomic E-state index is 6.35. The van der Waals surface area contributed by atoms with Crippen molar-refractivity contribution in [3.63, 3.8) is 0 Å². The Morgan fingerprint density at radius 3 is 2.22 bits per heavy atom. The highest BCUT2D eigenvalue weighted by molar-refractivity contribution is 6.05. The second-order valence-corrected chi connectivity index (χ2v) is 12.4. The number of para-hydroxylation sites is 2. The van der Waals surface area contributed by atoms with Crippen LogP contribution >= 0.6 is 0 Å². The molecule has 0 saturated carbocycles. The third-order valence-electron chi connectivity index (χ3n) is 8.32. The molecular formula is C40H31N3O2. The first-order valence-corrected chi connectivity index (χ1v) is 15.2. The Labute approximate surface area is 261 Å². The number of hydrogen-bond donors (Lipinski definition) is 0. The summed E-state index contributed by atoms with van der Waals surface area (Å²) in [4.78, 5) is 4.78. The van der Waals surface area contributed by atoms with E-state index < -0.39 is 0 Å². The molecule has 8 rings (SSSR count). The van der Waals surface area contributed by atoms with Crippen LogP contribution in [0.1, 0.15) is 26.3 Å². The maximum Gasteiger partial charge on any atom is 0.139 e. The molecule has 0 amide bonds. The molecule has 8 aromatic rings. The highest BCUT2D eigenvalue weighted by atomic mass is 16.5. The summed E-state index contributed by atoms with van der Waals surface area (Å²) in [5, 5.41) is 8.46. The minimum absolute atomic E-state index is 0.0197. The standard InChI is InChI=1S/C40H31N3O2/c1-40(2,3)26-21-22-41-35(23-26)30-13-4-5-15-33(30)39-34-16-6-8-17-36(34)43(42-39)27-11-10-12-28(24-27)44-29-19-20-32-31-14-7-9-18-37(31)45-38(32)25-29/h4-25H,1-3H3. The van der Waals surface area contributed by atoms with Crippen LogP contribution in [0.4, 0.5) is 0 Å². The van der Waals surface area contributed by atoms with Crippen LogP contribution in [0.25, 0.3) is 61.0 Å². The predicted molar refractivity (Wildman–Crippen MR) is 182 cm³/mol. The van der Waals surface area contributed by atoms with Crippen LogP contribution in [0.3, 0.4) is 0 Å². The lowest BCUT2D eigenvalue weighted by Gasteiger charge is -2.19. The predicted octanol–water partition coefficient (Wildman–Crippen LogP) is 10.7. The SMILES string of the molecule is CC(C)(C)c1ccnc(-c2ccccc2-c2nn(-c3cccc(Oc4ccc5c(c4)oc4ccccc45)c3)c3ccccc23)c1. The van der Waals surface area contributed by atoms with Gasteiger partial charge in [0.2, 0.25) is 0 Å². The van der Waals surface area contributed by atoms with Crippen LogP contribution in [0, 0.1) is 0 Å². The number of ether oxygens (including phenoxy) is 1. The average molecular weight is 586 g/mol. The first kappa shape index (κ1) is 26.9. The number of rotatable bonds is 5. The maximum absolute atomic E-state index is 6.35. The number of nitrogens with zero attached hydrogens (tertiary/aromatic N) is 3. The third-order valence-corrected chi connectivity index (χ3v) is 8.32. The summed E-state index contributed by atoms with van der Waals surface area (Å²) in [6, 6.07) is 43.1. The molecule has 5 nitrogen and oxygen atoms in total. The molecule has 0 N–H and O–H groups in total. The molecule has 0 spiro atoms. The fourth-order valence-electron chi connectivity index (χ4n) is 6.00. The smallest absolute Gasteiger partial charge is 0.139 e. The van der Waals surface area contributed by atoms with Crippen LogP contribution in [0.15, 0.2) is 138 Å². The zero-order chi connectivity index (χ0) is 30.5. The van der Waals surface area contributed by atoms with E-state index >= 15 is 0 Å². The molecule has 5 aromatic carbocycles. The fraction of sp³-hybridized carbons (Fsp3) is 0.100. The molecule has 218 valence electrons. The molecule has 0 aliphatic carbocycles. The quantitative estimate of drug-likeness (QED) is 0.202. The fourth-order valence-corrected chi connectivity index (χ4v) is 6.00. The Balaban J connectivity index is 1.19. The first-order chi connectivity index (χ1) is 21.9. The number of furan rings is 1. The van der Waals surface area contributed by atoms with E-state index in [1.807, 2.05) is 65.5 Å². The van der Waals surface area contributed by atoms with Crippen LogP contribution in [-0.2, 0) is 5.41 Å². The van der Waals surface area contributed by atoms with Gasteiger partial charge in [-0.05, 0) is 59.5 Å². The Bertz CT molecular complexity index is 2360. The van der Waals surface area contributed by atoms with E-state index in [4.69, 9.17) is 19.2 Å². The van der Waals surface area contributed by atoms with Gasteiger partial charge in [0.25, 0.3) is 0 Å². The summed E-state index contributed by atoms with van der Waals surface area (Å²) in [5.41, 5.74) is 8.79.